The molecule has 0 saturated heterocycles. The summed E-state index contributed by atoms with van der Waals surface area (Å²) in [5.74, 6) is 0.451. The Kier molecular flexibility index (Phi) is 8.23. The molecule has 0 radical (unpaired) electrons. The second-order valence-corrected chi connectivity index (χ2v) is 7.28. The standard InChI is InChI=1S/C14H20N4O5S.ClH/c19-14(10-15-9-11-5-6-11)16-7-8-17-24(22,23)13-4-2-1-3-12(13)18(20)21;/h1-4,11,15,17H,5-10H2,(H,16,19);1H. The molecule has 1 fully saturated rings. The number of nitro groups is 1. The molecule has 0 bridgehead atoms. The number of para-hydroxylation sites is 1. The van der Waals surface area contributed by atoms with Crippen LogP contribution in [0.3, 0.4) is 0 Å². The Morgan fingerprint density at radius 2 is 1.92 bits per heavy atom. The molecule has 1 aromatic rings. The monoisotopic (exact) mass is 392 g/mol. The predicted octanol–water partition coefficient (Wildman–Crippen LogP) is 0.411. The highest BCUT2D eigenvalue weighted by Crippen LogP contribution is 2.27. The summed E-state index contributed by atoms with van der Waals surface area (Å²) in [6, 6.07) is 5.10. The first kappa shape index (κ1) is 21.3. The highest BCUT2D eigenvalue weighted by Gasteiger charge is 2.24. The number of nitrogens with one attached hydrogen (secondary N) is 3. The number of amides is 1. The zero-order valence-electron chi connectivity index (χ0n) is 13.4. The Balaban J connectivity index is 0.00000312. The summed E-state index contributed by atoms with van der Waals surface area (Å²) >= 11 is 0. The maximum Gasteiger partial charge on any atom is 0.289 e. The maximum atomic E-state index is 12.1. The van der Waals surface area contributed by atoms with Crippen molar-refractivity contribution in [2.24, 2.45) is 5.92 Å². The minimum atomic E-state index is -4.01. The van der Waals surface area contributed by atoms with Crippen LogP contribution in [-0.4, -0.2) is 45.4 Å². The Labute approximate surface area is 152 Å². The summed E-state index contributed by atoms with van der Waals surface area (Å²) in [5, 5.41) is 16.5. The van der Waals surface area contributed by atoms with Crippen molar-refractivity contribution in [2.75, 3.05) is 26.2 Å². The summed E-state index contributed by atoms with van der Waals surface area (Å²) in [6.07, 6.45) is 2.39. The van der Waals surface area contributed by atoms with Gasteiger partial charge in [-0.3, -0.25) is 14.9 Å². The van der Waals surface area contributed by atoms with Crippen LogP contribution >= 0.6 is 12.4 Å². The van der Waals surface area contributed by atoms with Crippen molar-refractivity contribution in [3.8, 4) is 0 Å². The molecule has 2 rings (SSSR count). The van der Waals surface area contributed by atoms with Gasteiger partial charge in [0.1, 0.15) is 0 Å². The fourth-order valence-electron chi connectivity index (χ4n) is 2.07. The highest BCUT2D eigenvalue weighted by atomic mass is 35.5. The van der Waals surface area contributed by atoms with Gasteiger partial charge in [0, 0.05) is 19.2 Å². The Morgan fingerprint density at radius 1 is 1.24 bits per heavy atom. The Morgan fingerprint density at radius 3 is 2.56 bits per heavy atom. The number of hydrogen-bond acceptors (Lipinski definition) is 6. The zero-order chi connectivity index (χ0) is 17.6. The number of carbonyl (C=O) groups excluding carboxylic acids is 1. The summed E-state index contributed by atoms with van der Waals surface area (Å²) in [4.78, 5) is 21.3. The summed E-state index contributed by atoms with van der Waals surface area (Å²) in [5.41, 5.74) is -0.488. The largest absolute Gasteiger partial charge is 0.354 e. The van der Waals surface area contributed by atoms with Gasteiger partial charge in [-0.15, -0.1) is 12.4 Å². The van der Waals surface area contributed by atoms with Gasteiger partial charge in [-0.1, -0.05) is 12.1 Å². The van der Waals surface area contributed by atoms with E-state index in [4.69, 9.17) is 0 Å². The number of carbonyl (C=O) groups is 1. The van der Waals surface area contributed by atoms with Gasteiger partial charge in [0.25, 0.3) is 5.69 Å². The minimum Gasteiger partial charge on any atom is -0.354 e. The molecule has 0 heterocycles. The molecular formula is C14H21ClN4O5S. The van der Waals surface area contributed by atoms with Crippen molar-refractivity contribution < 1.29 is 18.1 Å². The molecule has 1 amide bonds. The number of rotatable bonds is 10. The number of sulfonamides is 1. The number of hydrogen-bond donors (Lipinski definition) is 3. The zero-order valence-corrected chi connectivity index (χ0v) is 15.1. The average molecular weight is 393 g/mol. The van der Waals surface area contributed by atoms with E-state index in [0.29, 0.717) is 5.92 Å². The van der Waals surface area contributed by atoms with Gasteiger partial charge < -0.3 is 10.6 Å². The molecule has 9 nitrogen and oxygen atoms in total. The molecular weight excluding hydrogens is 372 g/mol. The van der Waals surface area contributed by atoms with Gasteiger partial charge in [0.15, 0.2) is 4.90 Å². The molecule has 1 aliphatic rings. The molecule has 1 aliphatic carbocycles. The van der Waals surface area contributed by atoms with E-state index in [0.717, 1.165) is 12.6 Å². The van der Waals surface area contributed by atoms with Crippen LogP contribution in [0.1, 0.15) is 12.8 Å². The van der Waals surface area contributed by atoms with Crippen molar-refractivity contribution in [1.82, 2.24) is 15.4 Å². The average Bonchev–Trinajstić information content (AvgIpc) is 3.36. The first-order valence-electron chi connectivity index (χ1n) is 7.60. The highest BCUT2D eigenvalue weighted by molar-refractivity contribution is 7.89. The third kappa shape index (κ3) is 6.94. The third-order valence-electron chi connectivity index (χ3n) is 3.51. The number of nitrogens with zero attached hydrogens (tertiary/aromatic N) is 1. The van der Waals surface area contributed by atoms with Crippen molar-refractivity contribution in [3.63, 3.8) is 0 Å². The van der Waals surface area contributed by atoms with Gasteiger partial charge in [-0.25, -0.2) is 13.1 Å². The lowest BCUT2D eigenvalue weighted by atomic mass is 10.3. The normalized spacial score (nSPS) is 13.8. The summed E-state index contributed by atoms with van der Waals surface area (Å²) in [7, 11) is -4.01. The molecule has 25 heavy (non-hydrogen) atoms. The van der Waals surface area contributed by atoms with Gasteiger partial charge >= 0.3 is 0 Å². The van der Waals surface area contributed by atoms with Gasteiger partial charge in [0.2, 0.25) is 15.9 Å². The van der Waals surface area contributed by atoms with Gasteiger partial charge in [0.05, 0.1) is 11.5 Å². The van der Waals surface area contributed by atoms with E-state index in [1.54, 1.807) is 0 Å². The van der Waals surface area contributed by atoms with E-state index < -0.39 is 25.5 Å². The van der Waals surface area contributed by atoms with Crippen LogP contribution in [0.5, 0.6) is 0 Å². The molecule has 140 valence electrons. The lowest BCUT2D eigenvalue weighted by Gasteiger charge is -2.09. The first-order chi connectivity index (χ1) is 11.4. The fourth-order valence-corrected chi connectivity index (χ4v) is 3.28. The second-order valence-electron chi connectivity index (χ2n) is 5.55. The molecule has 1 saturated carbocycles. The lowest BCUT2D eigenvalue weighted by Crippen LogP contribution is -2.39. The van der Waals surface area contributed by atoms with Crippen molar-refractivity contribution in [2.45, 2.75) is 17.7 Å². The molecule has 11 heteroatoms. The van der Waals surface area contributed by atoms with E-state index >= 15 is 0 Å². The van der Waals surface area contributed by atoms with Crippen molar-refractivity contribution >= 4 is 34.0 Å². The Hall–Kier alpha value is -1.75. The SMILES string of the molecule is Cl.O=C(CNCC1CC1)NCCNS(=O)(=O)c1ccccc1[N+](=O)[O-]. The minimum absolute atomic E-state index is 0. The summed E-state index contributed by atoms with van der Waals surface area (Å²) in [6.45, 7) is 1.05. The fraction of sp³-hybridized carbons (Fsp3) is 0.500. The molecule has 0 aromatic heterocycles. The second kappa shape index (κ2) is 9.66. The third-order valence-corrected chi connectivity index (χ3v) is 5.01. The quantitative estimate of drug-likeness (QED) is 0.300. The van der Waals surface area contributed by atoms with Crippen LogP contribution in [-0.2, 0) is 14.8 Å². The van der Waals surface area contributed by atoms with Crippen LogP contribution in [0.2, 0.25) is 0 Å². The van der Waals surface area contributed by atoms with Crippen molar-refractivity contribution in [1.29, 1.82) is 0 Å². The van der Waals surface area contributed by atoms with E-state index in [1.807, 2.05) is 0 Å². The van der Waals surface area contributed by atoms with Crippen LogP contribution in [0.4, 0.5) is 5.69 Å². The molecule has 0 unspecified atom stereocenters. The smallest absolute Gasteiger partial charge is 0.289 e. The van der Waals surface area contributed by atoms with E-state index in [2.05, 4.69) is 15.4 Å². The summed E-state index contributed by atoms with van der Waals surface area (Å²) < 4.78 is 26.5. The van der Waals surface area contributed by atoms with E-state index in [1.165, 1.54) is 31.0 Å². The topological polar surface area (TPSA) is 130 Å². The van der Waals surface area contributed by atoms with Gasteiger partial charge in [-0.05, 0) is 31.4 Å². The van der Waals surface area contributed by atoms with Crippen LogP contribution in [0, 0.1) is 16.0 Å². The first-order valence-corrected chi connectivity index (χ1v) is 9.09. The van der Waals surface area contributed by atoms with E-state index in [9.17, 15) is 23.3 Å². The molecule has 3 N–H and O–H groups in total. The predicted molar refractivity (Wildman–Crippen MR) is 94.1 cm³/mol. The molecule has 1 aromatic carbocycles. The van der Waals surface area contributed by atoms with Crippen LogP contribution in [0.25, 0.3) is 0 Å². The van der Waals surface area contributed by atoms with Crippen molar-refractivity contribution in [3.05, 3.63) is 34.4 Å². The molecule has 0 atom stereocenters. The number of halogens is 1. The van der Waals surface area contributed by atoms with E-state index in [-0.39, 0.29) is 37.9 Å². The molecule has 0 spiro atoms. The maximum absolute atomic E-state index is 12.1. The van der Waals surface area contributed by atoms with Crippen LogP contribution in [0.15, 0.2) is 29.2 Å². The number of nitro benzene ring substituents is 1. The Bertz CT molecular complexity index is 709. The lowest BCUT2D eigenvalue weighted by molar-refractivity contribution is -0.387. The van der Waals surface area contributed by atoms with Crippen LogP contribution < -0.4 is 15.4 Å². The number of benzene rings is 1. The molecule has 0 aliphatic heterocycles. The van der Waals surface area contributed by atoms with Gasteiger partial charge in [-0.2, -0.15) is 0 Å².